The smallest absolute Gasteiger partial charge is 0.271 e. The molecule has 138 valence electrons. The molecule has 1 fully saturated rings. The number of piperidine rings is 1. The maximum absolute atomic E-state index is 12.1. The van der Waals surface area contributed by atoms with E-state index in [1.807, 2.05) is 6.92 Å². The van der Waals surface area contributed by atoms with Crippen LogP contribution in [0.4, 0.5) is 0 Å². The first kappa shape index (κ1) is 18.5. The van der Waals surface area contributed by atoms with E-state index in [4.69, 9.17) is 0 Å². The molecule has 5 heteroatoms. The third-order valence-electron chi connectivity index (χ3n) is 4.84. The van der Waals surface area contributed by atoms with Crippen molar-refractivity contribution in [2.45, 2.75) is 40.3 Å². The van der Waals surface area contributed by atoms with Crippen molar-refractivity contribution in [2.24, 2.45) is 11.8 Å². The Kier molecular flexibility index (Phi) is 5.99. The minimum absolute atomic E-state index is 0.196. The zero-order chi connectivity index (χ0) is 18.5. The summed E-state index contributed by atoms with van der Waals surface area (Å²) >= 11 is 0. The van der Waals surface area contributed by atoms with Crippen LogP contribution in [-0.2, 0) is 13.1 Å². The summed E-state index contributed by atoms with van der Waals surface area (Å²) in [5, 5.41) is 2.90. The summed E-state index contributed by atoms with van der Waals surface area (Å²) in [7, 11) is 0. The SMILES string of the molecule is Cc1cnc(C(=O)NCc2ccc(CN3C[C@H](C)C[C@H](C)C3)cc2)cn1. The highest BCUT2D eigenvalue weighted by atomic mass is 16.1. The molecule has 2 aromatic rings. The predicted molar refractivity (Wildman–Crippen MR) is 103 cm³/mol. The number of likely N-dealkylation sites (tertiary alicyclic amines) is 1. The fraction of sp³-hybridized carbons (Fsp3) is 0.476. The molecule has 1 amide bonds. The Morgan fingerprint density at radius 3 is 2.35 bits per heavy atom. The first-order valence-electron chi connectivity index (χ1n) is 9.36. The number of hydrogen-bond donors (Lipinski definition) is 1. The van der Waals surface area contributed by atoms with Crippen molar-refractivity contribution in [1.29, 1.82) is 0 Å². The standard InChI is InChI=1S/C21H28N4O/c1-15-8-16(2)13-25(12-15)14-19-6-4-18(5-7-19)10-24-21(26)20-11-22-17(3)9-23-20/h4-7,9,11,15-16H,8,10,12-14H2,1-3H3,(H,24,26)/t15-,16+. The summed E-state index contributed by atoms with van der Waals surface area (Å²) in [6.45, 7) is 10.4. The molecule has 1 aliphatic rings. The first-order chi connectivity index (χ1) is 12.5. The summed E-state index contributed by atoms with van der Waals surface area (Å²) in [4.78, 5) is 22.9. The van der Waals surface area contributed by atoms with E-state index in [0.29, 0.717) is 12.2 Å². The second-order valence-electron chi connectivity index (χ2n) is 7.68. The lowest BCUT2D eigenvalue weighted by Gasteiger charge is -2.35. The molecule has 1 N–H and O–H groups in total. The third-order valence-corrected chi connectivity index (χ3v) is 4.84. The first-order valence-corrected chi connectivity index (χ1v) is 9.36. The molecule has 3 rings (SSSR count). The van der Waals surface area contributed by atoms with Crippen LogP contribution in [0.25, 0.3) is 0 Å². The minimum Gasteiger partial charge on any atom is -0.347 e. The van der Waals surface area contributed by atoms with Crippen molar-refractivity contribution in [3.8, 4) is 0 Å². The molecule has 1 aromatic heterocycles. The van der Waals surface area contributed by atoms with Crippen molar-refractivity contribution in [3.63, 3.8) is 0 Å². The molecule has 26 heavy (non-hydrogen) atoms. The van der Waals surface area contributed by atoms with Gasteiger partial charge in [0.1, 0.15) is 5.69 Å². The number of carbonyl (C=O) groups excluding carboxylic acids is 1. The lowest BCUT2D eigenvalue weighted by molar-refractivity contribution is 0.0945. The highest BCUT2D eigenvalue weighted by molar-refractivity contribution is 5.91. The third kappa shape index (κ3) is 5.11. The van der Waals surface area contributed by atoms with Crippen LogP contribution in [0.3, 0.4) is 0 Å². The van der Waals surface area contributed by atoms with Gasteiger partial charge in [0.25, 0.3) is 5.91 Å². The summed E-state index contributed by atoms with van der Waals surface area (Å²) in [6, 6.07) is 8.51. The predicted octanol–water partition coefficient (Wildman–Crippen LogP) is 3.19. The van der Waals surface area contributed by atoms with Crippen LogP contribution in [0.1, 0.15) is 47.6 Å². The van der Waals surface area contributed by atoms with Gasteiger partial charge in [0.2, 0.25) is 0 Å². The van der Waals surface area contributed by atoms with E-state index in [0.717, 1.165) is 29.6 Å². The Morgan fingerprint density at radius 1 is 1.08 bits per heavy atom. The summed E-state index contributed by atoms with van der Waals surface area (Å²) in [5.74, 6) is 1.36. The molecule has 1 aliphatic heterocycles. The molecule has 1 aromatic carbocycles. The van der Waals surface area contributed by atoms with Crippen molar-refractivity contribution >= 4 is 5.91 Å². The fourth-order valence-electron chi connectivity index (χ4n) is 3.72. The van der Waals surface area contributed by atoms with E-state index in [9.17, 15) is 4.79 Å². The Labute approximate surface area is 155 Å². The number of rotatable bonds is 5. The zero-order valence-electron chi connectivity index (χ0n) is 15.9. The summed E-state index contributed by atoms with van der Waals surface area (Å²) in [5.41, 5.74) is 3.56. The minimum atomic E-state index is -0.196. The number of amides is 1. The van der Waals surface area contributed by atoms with Crippen molar-refractivity contribution in [1.82, 2.24) is 20.2 Å². The van der Waals surface area contributed by atoms with Gasteiger partial charge in [0, 0.05) is 32.4 Å². The largest absolute Gasteiger partial charge is 0.347 e. The lowest BCUT2D eigenvalue weighted by Crippen LogP contribution is -2.38. The van der Waals surface area contributed by atoms with E-state index >= 15 is 0 Å². The molecule has 0 radical (unpaired) electrons. The average Bonchev–Trinajstić information content (AvgIpc) is 2.60. The molecular weight excluding hydrogens is 324 g/mol. The fourth-order valence-corrected chi connectivity index (χ4v) is 3.72. The number of nitrogens with zero attached hydrogens (tertiary/aromatic N) is 3. The Morgan fingerprint density at radius 2 is 1.73 bits per heavy atom. The molecule has 1 saturated heterocycles. The molecule has 0 spiro atoms. The van der Waals surface area contributed by atoms with Gasteiger partial charge < -0.3 is 5.32 Å². The number of aryl methyl sites for hydroxylation is 1. The molecule has 0 saturated carbocycles. The van der Waals surface area contributed by atoms with Gasteiger partial charge in [-0.2, -0.15) is 0 Å². The van der Waals surface area contributed by atoms with Gasteiger partial charge in [0.05, 0.1) is 11.9 Å². The van der Waals surface area contributed by atoms with Crippen molar-refractivity contribution < 1.29 is 4.79 Å². The number of carbonyl (C=O) groups is 1. The van der Waals surface area contributed by atoms with Gasteiger partial charge in [-0.25, -0.2) is 4.98 Å². The Balaban J connectivity index is 1.51. The number of aromatic nitrogens is 2. The highest BCUT2D eigenvalue weighted by Gasteiger charge is 2.21. The normalized spacial score (nSPS) is 20.7. The molecule has 0 aliphatic carbocycles. The van der Waals surface area contributed by atoms with Crippen LogP contribution in [-0.4, -0.2) is 33.9 Å². The van der Waals surface area contributed by atoms with Crippen molar-refractivity contribution in [2.75, 3.05) is 13.1 Å². The zero-order valence-corrected chi connectivity index (χ0v) is 15.9. The molecular formula is C21H28N4O. The van der Waals surface area contributed by atoms with E-state index < -0.39 is 0 Å². The average molecular weight is 352 g/mol. The summed E-state index contributed by atoms with van der Waals surface area (Å²) in [6.07, 6.45) is 4.45. The molecule has 0 unspecified atom stereocenters. The van der Waals surface area contributed by atoms with Gasteiger partial charge >= 0.3 is 0 Å². The van der Waals surface area contributed by atoms with Crippen LogP contribution in [0.15, 0.2) is 36.7 Å². The summed E-state index contributed by atoms with van der Waals surface area (Å²) < 4.78 is 0. The molecule has 0 bridgehead atoms. The van der Waals surface area contributed by atoms with Crippen molar-refractivity contribution in [3.05, 3.63) is 59.2 Å². The molecule has 2 atom stereocenters. The molecule has 5 nitrogen and oxygen atoms in total. The van der Waals surface area contributed by atoms with Crippen LogP contribution >= 0.6 is 0 Å². The quantitative estimate of drug-likeness (QED) is 0.898. The van der Waals surface area contributed by atoms with Crippen LogP contribution < -0.4 is 5.32 Å². The van der Waals surface area contributed by atoms with Crippen LogP contribution in [0.2, 0.25) is 0 Å². The van der Waals surface area contributed by atoms with Gasteiger partial charge in [-0.1, -0.05) is 38.1 Å². The number of hydrogen-bond acceptors (Lipinski definition) is 4. The monoisotopic (exact) mass is 352 g/mol. The Hall–Kier alpha value is -2.27. The maximum Gasteiger partial charge on any atom is 0.271 e. The maximum atomic E-state index is 12.1. The van der Waals surface area contributed by atoms with Gasteiger partial charge in [-0.3, -0.25) is 14.7 Å². The van der Waals surface area contributed by atoms with Gasteiger partial charge in [-0.15, -0.1) is 0 Å². The van der Waals surface area contributed by atoms with E-state index in [-0.39, 0.29) is 5.91 Å². The highest BCUT2D eigenvalue weighted by Crippen LogP contribution is 2.22. The topological polar surface area (TPSA) is 58.1 Å². The lowest BCUT2D eigenvalue weighted by atomic mass is 9.91. The Bertz CT molecular complexity index is 717. The number of nitrogens with one attached hydrogen (secondary N) is 1. The second-order valence-corrected chi connectivity index (χ2v) is 7.68. The van der Waals surface area contributed by atoms with Gasteiger partial charge in [-0.05, 0) is 36.3 Å². The number of benzene rings is 1. The van der Waals surface area contributed by atoms with Crippen LogP contribution in [0, 0.1) is 18.8 Å². The van der Waals surface area contributed by atoms with E-state index in [2.05, 4.69) is 58.3 Å². The van der Waals surface area contributed by atoms with Crippen LogP contribution in [0.5, 0.6) is 0 Å². The van der Waals surface area contributed by atoms with E-state index in [1.165, 1.54) is 31.3 Å². The van der Waals surface area contributed by atoms with Gasteiger partial charge in [0.15, 0.2) is 0 Å². The molecule has 2 heterocycles. The van der Waals surface area contributed by atoms with E-state index in [1.54, 1.807) is 6.20 Å². The second kappa shape index (κ2) is 8.41.